The number of aryl methyl sites for hydroxylation is 2. The monoisotopic (exact) mass is 493 g/mol. The minimum Gasteiger partial charge on any atom is -0.493 e. The van der Waals surface area contributed by atoms with Gasteiger partial charge < -0.3 is 29.5 Å². The van der Waals surface area contributed by atoms with Crippen molar-refractivity contribution in [3.63, 3.8) is 0 Å². The number of aromatic nitrogens is 3. The standard InChI is InChI=1S/C25H31N7O4/c1-16-5-6-17(2)20(11-16)27-23-28-24(30-25(29-23)32-7-9-36-10-8-32)31-26-14-18-12-19(15-33)22(35-4)21(13-18)34-3/h5-6,11-14,33H,7-10,15H2,1-4H3,(H2,27,28,29,30,31)/b26-14+. The summed E-state index contributed by atoms with van der Waals surface area (Å²) in [6, 6.07) is 9.70. The zero-order chi connectivity index (χ0) is 25.5. The van der Waals surface area contributed by atoms with E-state index < -0.39 is 0 Å². The van der Waals surface area contributed by atoms with Crippen LogP contribution in [0.5, 0.6) is 11.5 Å². The molecule has 1 aliphatic rings. The highest BCUT2D eigenvalue weighted by molar-refractivity contribution is 5.82. The van der Waals surface area contributed by atoms with E-state index in [2.05, 4.69) is 53.9 Å². The van der Waals surface area contributed by atoms with Crippen molar-refractivity contribution in [3.05, 3.63) is 52.6 Å². The highest BCUT2D eigenvalue weighted by atomic mass is 16.5. The molecule has 1 aromatic heterocycles. The van der Waals surface area contributed by atoms with Gasteiger partial charge in [0, 0.05) is 24.3 Å². The molecule has 0 saturated carbocycles. The normalized spacial score (nSPS) is 13.6. The van der Waals surface area contributed by atoms with Crippen LogP contribution < -0.4 is 25.1 Å². The first kappa shape index (κ1) is 25.1. The molecule has 3 N–H and O–H groups in total. The van der Waals surface area contributed by atoms with Crippen LogP contribution in [0.4, 0.5) is 23.5 Å². The molecule has 190 valence electrons. The van der Waals surface area contributed by atoms with Gasteiger partial charge in [0.2, 0.25) is 17.8 Å². The largest absolute Gasteiger partial charge is 0.493 e. The molecule has 2 heterocycles. The van der Waals surface area contributed by atoms with Crippen LogP contribution in [0, 0.1) is 13.8 Å². The molecule has 0 amide bonds. The van der Waals surface area contributed by atoms with Crippen molar-refractivity contribution in [2.45, 2.75) is 20.5 Å². The number of ether oxygens (including phenoxy) is 3. The average molecular weight is 494 g/mol. The second kappa shape index (κ2) is 11.6. The lowest BCUT2D eigenvalue weighted by atomic mass is 10.1. The van der Waals surface area contributed by atoms with E-state index in [4.69, 9.17) is 14.2 Å². The molecule has 2 aromatic carbocycles. The van der Waals surface area contributed by atoms with E-state index in [-0.39, 0.29) is 6.61 Å². The molecule has 0 spiro atoms. The summed E-state index contributed by atoms with van der Waals surface area (Å²) in [6.45, 7) is 6.46. The third-order valence-corrected chi connectivity index (χ3v) is 5.68. The highest BCUT2D eigenvalue weighted by Crippen LogP contribution is 2.32. The molecule has 3 aromatic rings. The summed E-state index contributed by atoms with van der Waals surface area (Å²) in [7, 11) is 3.07. The fourth-order valence-corrected chi connectivity index (χ4v) is 3.79. The number of anilines is 4. The van der Waals surface area contributed by atoms with Gasteiger partial charge >= 0.3 is 0 Å². The molecule has 11 nitrogen and oxygen atoms in total. The Labute approximate surface area is 210 Å². The van der Waals surface area contributed by atoms with E-state index in [0.29, 0.717) is 66.8 Å². The molecule has 0 bridgehead atoms. The smallest absolute Gasteiger partial charge is 0.250 e. The Morgan fingerprint density at radius 2 is 1.83 bits per heavy atom. The minimum atomic E-state index is -0.196. The number of aliphatic hydroxyl groups is 1. The van der Waals surface area contributed by atoms with Crippen molar-refractivity contribution in [2.24, 2.45) is 5.10 Å². The van der Waals surface area contributed by atoms with E-state index >= 15 is 0 Å². The Kier molecular flexibility index (Phi) is 8.13. The number of hydrogen-bond donors (Lipinski definition) is 3. The fourth-order valence-electron chi connectivity index (χ4n) is 3.79. The number of methoxy groups -OCH3 is 2. The van der Waals surface area contributed by atoms with Crippen LogP contribution in [0.15, 0.2) is 35.4 Å². The maximum Gasteiger partial charge on any atom is 0.250 e. The molecule has 1 saturated heterocycles. The Hall–Kier alpha value is -3.96. The van der Waals surface area contributed by atoms with Crippen LogP contribution >= 0.6 is 0 Å². The molecule has 36 heavy (non-hydrogen) atoms. The average Bonchev–Trinajstić information content (AvgIpc) is 2.90. The molecule has 1 aliphatic heterocycles. The fraction of sp³-hybridized carbons (Fsp3) is 0.360. The molecular weight excluding hydrogens is 462 g/mol. The minimum absolute atomic E-state index is 0.196. The summed E-state index contributed by atoms with van der Waals surface area (Å²) in [4.78, 5) is 15.8. The first-order valence-electron chi connectivity index (χ1n) is 11.6. The summed E-state index contributed by atoms with van der Waals surface area (Å²) >= 11 is 0. The zero-order valence-corrected chi connectivity index (χ0v) is 20.9. The number of morpholine rings is 1. The number of nitrogens with one attached hydrogen (secondary N) is 2. The molecule has 11 heteroatoms. The first-order chi connectivity index (χ1) is 17.5. The number of aliphatic hydroxyl groups excluding tert-OH is 1. The van der Waals surface area contributed by atoms with Crippen molar-refractivity contribution in [2.75, 3.05) is 56.2 Å². The Morgan fingerprint density at radius 1 is 1.06 bits per heavy atom. The Morgan fingerprint density at radius 3 is 2.56 bits per heavy atom. The SMILES string of the molecule is COc1cc(/C=N/Nc2nc(Nc3cc(C)ccc3C)nc(N3CCOCC3)n2)cc(CO)c1OC. The van der Waals surface area contributed by atoms with Crippen molar-refractivity contribution in [3.8, 4) is 11.5 Å². The van der Waals surface area contributed by atoms with Gasteiger partial charge in [-0.1, -0.05) is 12.1 Å². The first-order valence-corrected chi connectivity index (χ1v) is 11.6. The van der Waals surface area contributed by atoms with E-state index in [0.717, 1.165) is 16.8 Å². The van der Waals surface area contributed by atoms with Gasteiger partial charge in [0.25, 0.3) is 0 Å². The van der Waals surface area contributed by atoms with Crippen molar-refractivity contribution in [1.29, 1.82) is 0 Å². The van der Waals surface area contributed by atoms with Gasteiger partial charge in [-0.05, 0) is 48.7 Å². The second-order valence-electron chi connectivity index (χ2n) is 8.27. The molecular formula is C25H31N7O4. The van der Waals surface area contributed by atoms with Gasteiger partial charge in [0.1, 0.15) is 0 Å². The summed E-state index contributed by atoms with van der Waals surface area (Å²) < 4.78 is 16.2. The summed E-state index contributed by atoms with van der Waals surface area (Å²) in [5.41, 5.74) is 7.33. The van der Waals surface area contributed by atoms with E-state index in [1.165, 1.54) is 7.11 Å². The number of nitrogens with zero attached hydrogens (tertiary/aromatic N) is 5. The quantitative estimate of drug-likeness (QED) is 0.302. The van der Waals surface area contributed by atoms with Crippen LogP contribution in [0.2, 0.25) is 0 Å². The van der Waals surface area contributed by atoms with Crippen LogP contribution in [0.3, 0.4) is 0 Å². The summed E-state index contributed by atoms with van der Waals surface area (Å²) in [5, 5.41) is 17.3. The van der Waals surface area contributed by atoms with Gasteiger partial charge in [-0.15, -0.1) is 0 Å². The van der Waals surface area contributed by atoms with E-state index in [9.17, 15) is 5.11 Å². The lowest BCUT2D eigenvalue weighted by molar-refractivity contribution is 0.122. The van der Waals surface area contributed by atoms with Crippen molar-refractivity contribution >= 4 is 29.7 Å². The van der Waals surface area contributed by atoms with Gasteiger partial charge in [0.15, 0.2) is 11.5 Å². The molecule has 0 radical (unpaired) electrons. The Balaban J connectivity index is 1.61. The lowest BCUT2D eigenvalue weighted by Crippen LogP contribution is -2.37. The predicted molar refractivity (Wildman–Crippen MR) is 139 cm³/mol. The summed E-state index contributed by atoms with van der Waals surface area (Å²) in [5.74, 6) is 2.22. The van der Waals surface area contributed by atoms with Crippen LogP contribution in [-0.2, 0) is 11.3 Å². The summed E-state index contributed by atoms with van der Waals surface area (Å²) in [6.07, 6.45) is 1.59. The van der Waals surface area contributed by atoms with Crippen molar-refractivity contribution in [1.82, 2.24) is 15.0 Å². The number of benzene rings is 2. The molecule has 0 unspecified atom stereocenters. The third-order valence-electron chi connectivity index (χ3n) is 5.68. The highest BCUT2D eigenvalue weighted by Gasteiger charge is 2.17. The number of hydrazone groups is 1. The van der Waals surface area contributed by atoms with Gasteiger partial charge in [-0.25, -0.2) is 5.43 Å². The van der Waals surface area contributed by atoms with Gasteiger partial charge in [-0.2, -0.15) is 20.1 Å². The second-order valence-corrected chi connectivity index (χ2v) is 8.27. The Bertz CT molecular complexity index is 1200. The molecule has 1 fully saturated rings. The van der Waals surface area contributed by atoms with Crippen molar-refractivity contribution < 1.29 is 19.3 Å². The van der Waals surface area contributed by atoms with Crippen LogP contribution in [-0.4, -0.2) is 66.8 Å². The maximum atomic E-state index is 9.70. The van der Waals surface area contributed by atoms with Crippen LogP contribution in [0.1, 0.15) is 22.3 Å². The molecule has 4 rings (SSSR count). The predicted octanol–water partition coefficient (Wildman–Crippen LogP) is 3.02. The topological polar surface area (TPSA) is 126 Å². The lowest BCUT2D eigenvalue weighted by Gasteiger charge is -2.27. The third kappa shape index (κ3) is 5.99. The van der Waals surface area contributed by atoms with Crippen LogP contribution in [0.25, 0.3) is 0 Å². The molecule has 0 atom stereocenters. The van der Waals surface area contributed by atoms with Gasteiger partial charge in [0.05, 0.1) is 40.3 Å². The maximum absolute atomic E-state index is 9.70. The number of rotatable bonds is 9. The van der Waals surface area contributed by atoms with Gasteiger partial charge in [-0.3, -0.25) is 0 Å². The molecule has 0 aliphatic carbocycles. The zero-order valence-electron chi connectivity index (χ0n) is 20.9. The van der Waals surface area contributed by atoms with E-state index in [1.54, 1.807) is 25.5 Å². The number of hydrogen-bond acceptors (Lipinski definition) is 11. The van der Waals surface area contributed by atoms with E-state index in [1.807, 2.05) is 13.8 Å².